The van der Waals surface area contributed by atoms with E-state index in [1.807, 2.05) is 0 Å². The predicted molar refractivity (Wildman–Crippen MR) is 76.1 cm³/mol. The maximum absolute atomic E-state index is 14.0. The molecule has 0 aliphatic carbocycles. The van der Waals surface area contributed by atoms with Gasteiger partial charge in [0.25, 0.3) is 0 Å². The standard InChI is InChI=1S/C14H10F2N2O2S/c1-19-10-4-5-21-13(10)12-11(14(17)18-20-12)8-3-2-7(15)6-9(8)16/h2-6H,1H3,(H2,17,18). The molecule has 0 saturated heterocycles. The molecule has 0 unspecified atom stereocenters. The Bertz CT molecular complexity index is 798. The van der Waals surface area contributed by atoms with Crippen LogP contribution in [0.3, 0.4) is 0 Å². The molecule has 0 saturated carbocycles. The van der Waals surface area contributed by atoms with Crippen LogP contribution in [-0.4, -0.2) is 12.3 Å². The van der Waals surface area contributed by atoms with E-state index in [1.54, 1.807) is 11.4 Å². The molecule has 3 rings (SSSR count). The SMILES string of the molecule is COc1ccsc1-c1onc(N)c1-c1ccc(F)cc1F. The van der Waals surface area contributed by atoms with Crippen molar-refractivity contribution in [2.24, 2.45) is 0 Å². The van der Waals surface area contributed by atoms with Crippen LogP contribution in [0.15, 0.2) is 34.2 Å². The highest BCUT2D eigenvalue weighted by Crippen LogP contribution is 2.43. The number of ether oxygens (including phenoxy) is 1. The number of halogens is 2. The van der Waals surface area contributed by atoms with Gasteiger partial charge in [-0.25, -0.2) is 8.78 Å². The molecule has 0 amide bonds. The third kappa shape index (κ3) is 2.25. The largest absolute Gasteiger partial charge is 0.495 e. The second-order valence-corrected chi connectivity index (χ2v) is 5.13. The summed E-state index contributed by atoms with van der Waals surface area (Å²) >= 11 is 1.35. The molecule has 21 heavy (non-hydrogen) atoms. The van der Waals surface area contributed by atoms with E-state index < -0.39 is 11.6 Å². The number of aromatic nitrogens is 1. The first kappa shape index (κ1) is 13.6. The van der Waals surface area contributed by atoms with Crippen molar-refractivity contribution in [1.82, 2.24) is 5.16 Å². The Hall–Kier alpha value is -2.41. The fourth-order valence-corrected chi connectivity index (χ4v) is 2.88. The normalized spacial score (nSPS) is 10.8. The van der Waals surface area contributed by atoms with Crippen LogP contribution in [0.2, 0.25) is 0 Å². The van der Waals surface area contributed by atoms with E-state index >= 15 is 0 Å². The van der Waals surface area contributed by atoms with Crippen LogP contribution >= 0.6 is 11.3 Å². The number of methoxy groups -OCH3 is 1. The average Bonchev–Trinajstić information content (AvgIpc) is 3.05. The first-order chi connectivity index (χ1) is 10.1. The number of anilines is 1. The maximum atomic E-state index is 14.0. The molecule has 2 aromatic heterocycles. The van der Waals surface area contributed by atoms with E-state index in [-0.39, 0.29) is 16.9 Å². The molecular weight excluding hydrogens is 298 g/mol. The highest BCUT2D eigenvalue weighted by Gasteiger charge is 2.24. The Balaban J connectivity index is 2.22. The number of nitrogens with zero attached hydrogens (tertiary/aromatic N) is 1. The van der Waals surface area contributed by atoms with Gasteiger partial charge in [0.2, 0.25) is 0 Å². The summed E-state index contributed by atoms with van der Waals surface area (Å²) in [5, 5.41) is 5.48. The lowest BCUT2D eigenvalue weighted by Gasteiger charge is -2.05. The van der Waals surface area contributed by atoms with Gasteiger partial charge in [0.05, 0.1) is 12.7 Å². The lowest BCUT2D eigenvalue weighted by Crippen LogP contribution is -1.92. The van der Waals surface area contributed by atoms with E-state index in [1.165, 1.54) is 24.5 Å². The van der Waals surface area contributed by atoms with Gasteiger partial charge in [-0.2, -0.15) is 0 Å². The fraction of sp³-hybridized carbons (Fsp3) is 0.0714. The summed E-state index contributed by atoms with van der Waals surface area (Å²) in [5.74, 6) is -0.501. The molecule has 3 aromatic rings. The van der Waals surface area contributed by atoms with E-state index in [9.17, 15) is 8.78 Å². The summed E-state index contributed by atoms with van der Waals surface area (Å²) in [4.78, 5) is 0.639. The lowest BCUT2D eigenvalue weighted by molar-refractivity contribution is 0.409. The summed E-state index contributed by atoms with van der Waals surface area (Å²) in [6.45, 7) is 0. The predicted octanol–water partition coefficient (Wildman–Crippen LogP) is 3.94. The maximum Gasteiger partial charge on any atom is 0.190 e. The molecule has 2 heterocycles. The van der Waals surface area contributed by atoms with E-state index in [4.69, 9.17) is 15.0 Å². The smallest absolute Gasteiger partial charge is 0.190 e. The highest BCUT2D eigenvalue weighted by molar-refractivity contribution is 7.14. The van der Waals surface area contributed by atoms with Crippen LogP contribution < -0.4 is 10.5 Å². The molecule has 0 spiro atoms. The number of nitrogen functional groups attached to an aromatic ring is 1. The highest BCUT2D eigenvalue weighted by atomic mass is 32.1. The van der Waals surface area contributed by atoms with Gasteiger partial charge in [-0.3, -0.25) is 0 Å². The minimum Gasteiger partial charge on any atom is -0.495 e. The van der Waals surface area contributed by atoms with Crippen LogP contribution in [0.4, 0.5) is 14.6 Å². The minimum atomic E-state index is -0.735. The van der Waals surface area contributed by atoms with Crippen LogP contribution in [-0.2, 0) is 0 Å². The van der Waals surface area contributed by atoms with Crippen LogP contribution in [0, 0.1) is 11.6 Å². The molecule has 7 heteroatoms. The van der Waals surface area contributed by atoms with Gasteiger partial charge < -0.3 is 15.0 Å². The van der Waals surface area contributed by atoms with Crippen LogP contribution in [0.1, 0.15) is 0 Å². The molecule has 2 N–H and O–H groups in total. The summed E-state index contributed by atoms with van der Waals surface area (Å²) in [6.07, 6.45) is 0. The van der Waals surface area contributed by atoms with Gasteiger partial charge in [-0.1, -0.05) is 5.16 Å². The molecule has 4 nitrogen and oxygen atoms in total. The van der Waals surface area contributed by atoms with Gasteiger partial charge in [-0.05, 0) is 23.6 Å². The Morgan fingerprint density at radius 2 is 2.10 bits per heavy atom. The second kappa shape index (κ2) is 5.17. The van der Waals surface area contributed by atoms with Crippen molar-refractivity contribution in [2.45, 2.75) is 0 Å². The summed E-state index contributed by atoms with van der Waals surface area (Å²) in [6, 6.07) is 5.00. The fourth-order valence-electron chi connectivity index (χ4n) is 2.03. The van der Waals surface area contributed by atoms with Crippen LogP contribution in [0.5, 0.6) is 5.75 Å². The Morgan fingerprint density at radius 1 is 1.29 bits per heavy atom. The molecule has 0 atom stereocenters. The van der Waals surface area contributed by atoms with Crippen molar-refractivity contribution in [3.05, 3.63) is 41.3 Å². The van der Waals surface area contributed by atoms with Gasteiger partial charge in [-0.15, -0.1) is 11.3 Å². The van der Waals surface area contributed by atoms with E-state index in [0.717, 1.165) is 12.1 Å². The molecule has 0 aliphatic heterocycles. The van der Waals surface area contributed by atoms with E-state index in [0.29, 0.717) is 16.4 Å². The molecule has 1 aromatic carbocycles. The minimum absolute atomic E-state index is 0.0333. The molecule has 108 valence electrons. The Labute approximate surface area is 122 Å². The Morgan fingerprint density at radius 3 is 2.81 bits per heavy atom. The molecule has 0 bridgehead atoms. The zero-order chi connectivity index (χ0) is 15.0. The zero-order valence-electron chi connectivity index (χ0n) is 10.9. The van der Waals surface area contributed by atoms with Crippen molar-refractivity contribution in [1.29, 1.82) is 0 Å². The van der Waals surface area contributed by atoms with Gasteiger partial charge in [0.15, 0.2) is 11.6 Å². The molecule has 0 radical (unpaired) electrons. The summed E-state index contributed by atoms with van der Waals surface area (Å²) in [7, 11) is 1.52. The number of hydrogen-bond acceptors (Lipinski definition) is 5. The van der Waals surface area contributed by atoms with Gasteiger partial charge in [0.1, 0.15) is 22.3 Å². The molecule has 0 fully saturated rings. The quantitative estimate of drug-likeness (QED) is 0.796. The number of benzene rings is 1. The first-order valence-electron chi connectivity index (χ1n) is 5.94. The second-order valence-electron chi connectivity index (χ2n) is 4.21. The Kier molecular flexibility index (Phi) is 3.34. The number of rotatable bonds is 3. The topological polar surface area (TPSA) is 61.3 Å². The first-order valence-corrected chi connectivity index (χ1v) is 6.82. The average molecular weight is 308 g/mol. The van der Waals surface area contributed by atoms with Gasteiger partial charge >= 0.3 is 0 Å². The number of nitrogens with two attached hydrogens (primary N) is 1. The molecular formula is C14H10F2N2O2S. The van der Waals surface area contributed by atoms with Crippen molar-refractivity contribution in [3.8, 4) is 27.5 Å². The number of thiophene rings is 1. The molecule has 0 aliphatic rings. The van der Waals surface area contributed by atoms with Crippen LogP contribution in [0.25, 0.3) is 21.8 Å². The third-order valence-electron chi connectivity index (χ3n) is 2.97. The van der Waals surface area contributed by atoms with Crippen molar-refractivity contribution in [2.75, 3.05) is 12.8 Å². The zero-order valence-corrected chi connectivity index (χ0v) is 11.7. The van der Waals surface area contributed by atoms with Crippen molar-refractivity contribution >= 4 is 17.2 Å². The van der Waals surface area contributed by atoms with Gasteiger partial charge in [0, 0.05) is 11.6 Å². The number of hydrogen-bond donors (Lipinski definition) is 1. The monoisotopic (exact) mass is 308 g/mol. The summed E-state index contributed by atoms with van der Waals surface area (Å²) in [5.41, 5.74) is 6.19. The van der Waals surface area contributed by atoms with E-state index in [2.05, 4.69) is 5.16 Å². The van der Waals surface area contributed by atoms with Crippen molar-refractivity contribution < 1.29 is 18.0 Å². The third-order valence-corrected chi connectivity index (χ3v) is 3.87. The van der Waals surface area contributed by atoms with Crippen molar-refractivity contribution in [3.63, 3.8) is 0 Å². The summed E-state index contributed by atoms with van der Waals surface area (Å²) < 4.78 is 37.5. The lowest BCUT2D eigenvalue weighted by atomic mass is 10.0.